The van der Waals surface area contributed by atoms with Crippen LogP contribution in [0, 0.1) is 11.8 Å². The Balaban J connectivity index is 2.70. The van der Waals surface area contributed by atoms with Crippen LogP contribution < -0.4 is 0 Å². The van der Waals surface area contributed by atoms with E-state index in [-0.39, 0.29) is 5.92 Å². The zero-order chi connectivity index (χ0) is 11.5. The van der Waals surface area contributed by atoms with Crippen LogP contribution in [0.5, 0.6) is 0 Å². The topological polar surface area (TPSA) is 46.5 Å². The molecule has 0 bridgehead atoms. The molecule has 1 N–H and O–H groups in total. The van der Waals surface area contributed by atoms with Crippen molar-refractivity contribution in [1.82, 2.24) is 0 Å². The molecule has 3 unspecified atom stereocenters. The molecule has 1 aliphatic rings. The predicted molar refractivity (Wildman–Crippen MR) is 58.4 cm³/mol. The molecule has 1 aliphatic carbocycles. The van der Waals surface area contributed by atoms with E-state index >= 15 is 0 Å². The number of hydrogen-bond acceptors (Lipinski definition) is 3. The lowest BCUT2D eigenvalue weighted by Gasteiger charge is -2.31. The van der Waals surface area contributed by atoms with Crippen LogP contribution in [0.25, 0.3) is 0 Å². The second-order valence-electron chi connectivity index (χ2n) is 4.57. The molecule has 3 nitrogen and oxygen atoms in total. The first kappa shape index (κ1) is 12.5. The minimum Gasteiger partial charge on any atom is -0.464 e. The number of hydrogen-bond donors (Lipinski definition) is 1. The lowest BCUT2D eigenvalue weighted by molar-refractivity contribution is -0.170. The Morgan fingerprint density at radius 3 is 2.67 bits per heavy atom. The molecule has 0 aromatic carbocycles. The number of aliphatic hydroxyl groups is 1. The van der Waals surface area contributed by atoms with Gasteiger partial charge in [-0.25, -0.2) is 4.79 Å². The van der Waals surface area contributed by atoms with Gasteiger partial charge in [0.1, 0.15) is 0 Å². The Morgan fingerprint density at radius 1 is 1.47 bits per heavy atom. The van der Waals surface area contributed by atoms with Gasteiger partial charge in [-0.05, 0) is 26.2 Å². The summed E-state index contributed by atoms with van der Waals surface area (Å²) in [5.74, 6) is 0.0707. The van der Waals surface area contributed by atoms with E-state index in [1.165, 1.54) is 0 Å². The average Bonchev–Trinajstić information content (AvgIpc) is 2.66. The summed E-state index contributed by atoms with van der Waals surface area (Å²) in [6.07, 6.45) is 4.19. The average molecular weight is 214 g/mol. The van der Waals surface area contributed by atoms with E-state index in [4.69, 9.17) is 4.74 Å². The molecular formula is C12H22O3. The highest BCUT2D eigenvalue weighted by Crippen LogP contribution is 2.41. The highest BCUT2D eigenvalue weighted by atomic mass is 16.5. The van der Waals surface area contributed by atoms with Crippen molar-refractivity contribution < 1.29 is 14.6 Å². The van der Waals surface area contributed by atoms with E-state index in [9.17, 15) is 9.90 Å². The Labute approximate surface area is 91.8 Å². The minimum atomic E-state index is -1.30. The SMILES string of the molecule is CCOC(=O)C(C)(O)C1CCCC1CC. The van der Waals surface area contributed by atoms with Gasteiger partial charge in [-0.2, -0.15) is 0 Å². The first-order chi connectivity index (χ1) is 7.04. The summed E-state index contributed by atoms with van der Waals surface area (Å²) in [5.41, 5.74) is -1.30. The van der Waals surface area contributed by atoms with E-state index < -0.39 is 11.6 Å². The van der Waals surface area contributed by atoms with Crippen LogP contribution in [0.15, 0.2) is 0 Å². The Morgan fingerprint density at radius 2 is 2.13 bits per heavy atom. The second kappa shape index (κ2) is 4.97. The molecule has 1 fully saturated rings. The van der Waals surface area contributed by atoms with Crippen LogP contribution in [0.4, 0.5) is 0 Å². The lowest BCUT2D eigenvalue weighted by Crippen LogP contribution is -2.45. The molecule has 0 saturated heterocycles. The number of esters is 1. The van der Waals surface area contributed by atoms with Gasteiger partial charge in [-0.3, -0.25) is 0 Å². The van der Waals surface area contributed by atoms with Gasteiger partial charge in [0.2, 0.25) is 0 Å². The molecule has 3 atom stereocenters. The molecule has 0 radical (unpaired) electrons. The van der Waals surface area contributed by atoms with Crippen LogP contribution in [0.2, 0.25) is 0 Å². The van der Waals surface area contributed by atoms with Gasteiger partial charge in [0.15, 0.2) is 5.60 Å². The van der Waals surface area contributed by atoms with Gasteiger partial charge in [0.25, 0.3) is 0 Å². The van der Waals surface area contributed by atoms with Gasteiger partial charge in [-0.1, -0.05) is 26.2 Å². The van der Waals surface area contributed by atoms with Crippen LogP contribution in [-0.2, 0) is 9.53 Å². The highest BCUT2D eigenvalue weighted by molar-refractivity contribution is 5.79. The fraction of sp³-hybridized carbons (Fsp3) is 0.917. The second-order valence-corrected chi connectivity index (χ2v) is 4.57. The van der Waals surface area contributed by atoms with Gasteiger partial charge >= 0.3 is 5.97 Å². The number of rotatable bonds is 4. The van der Waals surface area contributed by atoms with Crippen molar-refractivity contribution in [2.24, 2.45) is 11.8 Å². The lowest BCUT2D eigenvalue weighted by atomic mass is 9.80. The van der Waals surface area contributed by atoms with Crippen molar-refractivity contribution in [2.75, 3.05) is 6.61 Å². The minimum absolute atomic E-state index is 0.0709. The van der Waals surface area contributed by atoms with Crippen LogP contribution >= 0.6 is 0 Å². The molecule has 0 aromatic heterocycles. The highest BCUT2D eigenvalue weighted by Gasteiger charge is 2.45. The normalized spacial score (nSPS) is 29.9. The molecule has 1 rings (SSSR count). The molecule has 0 aliphatic heterocycles. The molecule has 88 valence electrons. The number of carbonyl (C=O) groups is 1. The number of ether oxygens (including phenoxy) is 1. The van der Waals surface area contributed by atoms with Crippen molar-refractivity contribution >= 4 is 5.97 Å². The van der Waals surface area contributed by atoms with Gasteiger partial charge in [0, 0.05) is 5.92 Å². The van der Waals surface area contributed by atoms with Gasteiger partial charge in [-0.15, -0.1) is 0 Å². The molecule has 0 amide bonds. The van der Waals surface area contributed by atoms with Crippen LogP contribution in [-0.4, -0.2) is 23.3 Å². The zero-order valence-corrected chi connectivity index (χ0v) is 9.95. The quantitative estimate of drug-likeness (QED) is 0.729. The third kappa shape index (κ3) is 2.51. The first-order valence-corrected chi connectivity index (χ1v) is 5.93. The van der Waals surface area contributed by atoms with Crippen LogP contribution in [0.1, 0.15) is 46.5 Å². The molecule has 0 spiro atoms. The number of carbonyl (C=O) groups excluding carboxylic acids is 1. The summed E-state index contributed by atoms with van der Waals surface area (Å²) < 4.78 is 4.92. The molecule has 0 heterocycles. The predicted octanol–water partition coefficient (Wildman–Crippen LogP) is 2.13. The largest absolute Gasteiger partial charge is 0.464 e. The van der Waals surface area contributed by atoms with E-state index in [1.54, 1.807) is 13.8 Å². The van der Waals surface area contributed by atoms with Crippen LogP contribution in [0.3, 0.4) is 0 Å². The molecule has 0 aromatic rings. The van der Waals surface area contributed by atoms with Crippen molar-refractivity contribution in [3.8, 4) is 0 Å². The molecule has 3 heteroatoms. The maximum Gasteiger partial charge on any atom is 0.338 e. The van der Waals surface area contributed by atoms with Crippen molar-refractivity contribution in [2.45, 2.75) is 52.1 Å². The summed E-state index contributed by atoms with van der Waals surface area (Å²) >= 11 is 0. The Hall–Kier alpha value is -0.570. The molecular weight excluding hydrogens is 192 g/mol. The molecule has 15 heavy (non-hydrogen) atoms. The summed E-state index contributed by atoms with van der Waals surface area (Å²) in [4.78, 5) is 11.6. The molecule has 1 saturated carbocycles. The maximum absolute atomic E-state index is 11.6. The summed E-state index contributed by atoms with van der Waals surface area (Å²) in [6, 6.07) is 0. The fourth-order valence-corrected chi connectivity index (χ4v) is 2.69. The fourth-order valence-electron chi connectivity index (χ4n) is 2.69. The summed E-state index contributed by atoms with van der Waals surface area (Å²) in [7, 11) is 0. The smallest absolute Gasteiger partial charge is 0.338 e. The summed E-state index contributed by atoms with van der Waals surface area (Å²) in [6.45, 7) is 5.81. The third-order valence-corrected chi connectivity index (χ3v) is 3.59. The van der Waals surface area contributed by atoms with Crippen molar-refractivity contribution in [3.05, 3.63) is 0 Å². The van der Waals surface area contributed by atoms with Gasteiger partial charge < -0.3 is 9.84 Å². The zero-order valence-electron chi connectivity index (χ0n) is 9.95. The third-order valence-electron chi connectivity index (χ3n) is 3.59. The Kier molecular flexibility index (Phi) is 4.14. The first-order valence-electron chi connectivity index (χ1n) is 5.93. The van der Waals surface area contributed by atoms with Crippen molar-refractivity contribution in [1.29, 1.82) is 0 Å². The standard InChI is InChI=1S/C12H22O3/c1-4-9-7-6-8-10(9)12(3,14)11(13)15-5-2/h9-10,14H,4-8H2,1-3H3. The van der Waals surface area contributed by atoms with Gasteiger partial charge in [0.05, 0.1) is 6.61 Å². The van der Waals surface area contributed by atoms with E-state index in [2.05, 4.69) is 6.92 Å². The summed E-state index contributed by atoms with van der Waals surface area (Å²) in [5, 5.41) is 10.2. The maximum atomic E-state index is 11.6. The Bertz CT molecular complexity index is 223. The van der Waals surface area contributed by atoms with E-state index in [1.807, 2.05) is 0 Å². The van der Waals surface area contributed by atoms with E-state index in [0.29, 0.717) is 12.5 Å². The van der Waals surface area contributed by atoms with Crippen molar-refractivity contribution in [3.63, 3.8) is 0 Å². The monoisotopic (exact) mass is 214 g/mol. The van der Waals surface area contributed by atoms with E-state index in [0.717, 1.165) is 25.7 Å².